The first-order chi connectivity index (χ1) is 12.1. The molecule has 25 heavy (non-hydrogen) atoms. The van der Waals surface area contributed by atoms with Crippen molar-refractivity contribution in [2.24, 2.45) is 0 Å². The van der Waals surface area contributed by atoms with Gasteiger partial charge in [0.2, 0.25) is 0 Å². The van der Waals surface area contributed by atoms with Crippen LogP contribution in [0.15, 0.2) is 66.7 Å². The lowest BCUT2D eigenvalue weighted by atomic mass is 10.1. The molecule has 1 amide bonds. The third-order valence-corrected chi connectivity index (χ3v) is 4.02. The van der Waals surface area contributed by atoms with Gasteiger partial charge in [-0.15, -0.1) is 0 Å². The molecule has 4 nitrogen and oxygen atoms in total. The molecule has 0 radical (unpaired) electrons. The third-order valence-electron chi connectivity index (χ3n) is 3.77. The Morgan fingerprint density at radius 3 is 2.44 bits per heavy atom. The molecule has 1 N–H and O–H groups in total. The van der Waals surface area contributed by atoms with Crippen molar-refractivity contribution >= 4 is 34.2 Å². The van der Waals surface area contributed by atoms with Gasteiger partial charge in [0.15, 0.2) is 0 Å². The van der Waals surface area contributed by atoms with Gasteiger partial charge in [-0.1, -0.05) is 54.1 Å². The van der Waals surface area contributed by atoms with E-state index in [1.54, 1.807) is 24.3 Å². The summed E-state index contributed by atoms with van der Waals surface area (Å²) in [7, 11) is 0. The molecule has 3 aromatic rings. The SMILES string of the molecule is O=C(CNC(=O)c1ccc(Cl)cc1)OCc1cccc2ccccc12. The molecule has 0 bridgehead atoms. The molecule has 0 saturated heterocycles. The van der Waals surface area contributed by atoms with Crippen LogP contribution in [0.3, 0.4) is 0 Å². The second-order valence-corrected chi connectivity index (χ2v) is 5.92. The molecule has 0 saturated carbocycles. The van der Waals surface area contributed by atoms with Gasteiger partial charge in [-0.25, -0.2) is 0 Å². The monoisotopic (exact) mass is 353 g/mol. The van der Waals surface area contributed by atoms with Crippen LogP contribution in [0.2, 0.25) is 5.02 Å². The summed E-state index contributed by atoms with van der Waals surface area (Å²) < 4.78 is 5.27. The van der Waals surface area contributed by atoms with Crippen molar-refractivity contribution in [1.82, 2.24) is 5.32 Å². The number of hydrogen-bond acceptors (Lipinski definition) is 3. The van der Waals surface area contributed by atoms with Gasteiger partial charge in [0.1, 0.15) is 13.2 Å². The lowest BCUT2D eigenvalue weighted by Crippen LogP contribution is -2.30. The largest absolute Gasteiger partial charge is 0.459 e. The molecule has 0 atom stereocenters. The average molecular weight is 354 g/mol. The van der Waals surface area contributed by atoms with Crippen LogP contribution in [0.4, 0.5) is 0 Å². The standard InChI is InChI=1S/C20H16ClNO3/c21-17-10-8-15(9-11-17)20(24)22-12-19(23)25-13-16-6-3-5-14-4-1-2-7-18(14)16/h1-11H,12-13H2,(H,22,24). The highest BCUT2D eigenvalue weighted by Crippen LogP contribution is 2.19. The fraction of sp³-hybridized carbons (Fsp3) is 0.100. The maximum Gasteiger partial charge on any atom is 0.325 e. The van der Waals surface area contributed by atoms with E-state index in [1.807, 2.05) is 42.5 Å². The van der Waals surface area contributed by atoms with Crippen LogP contribution in [0.5, 0.6) is 0 Å². The van der Waals surface area contributed by atoms with Crippen molar-refractivity contribution in [1.29, 1.82) is 0 Å². The van der Waals surface area contributed by atoms with Gasteiger partial charge in [0.25, 0.3) is 5.91 Å². The van der Waals surface area contributed by atoms with Crippen molar-refractivity contribution in [3.63, 3.8) is 0 Å². The first-order valence-corrected chi connectivity index (χ1v) is 8.17. The van der Waals surface area contributed by atoms with Gasteiger partial charge in [-0.2, -0.15) is 0 Å². The minimum Gasteiger partial charge on any atom is -0.459 e. The Labute approximate surface area is 150 Å². The Balaban J connectivity index is 1.54. The Morgan fingerprint density at radius 1 is 0.920 bits per heavy atom. The Kier molecular flexibility index (Phi) is 5.31. The lowest BCUT2D eigenvalue weighted by Gasteiger charge is -2.09. The Bertz CT molecular complexity index is 901. The molecule has 0 aliphatic carbocycles. The van der Waals surface area contributed by atoms with Crippen molar-refractivity contribution < 1.29 is 14.3 Å². The first kappa shape index (κ1) is 17.0. The molecule has 0 heterocycles. The molecule has 0 fully saturated rings. The zero-order valence-corrected chi connectivity index (χ0v) is 14.1. The summed E-state index contributed by atoms with van der Waals surface area (Å²) in [5, 5.41) is 5.22. The quantitative estimate of drug-likeness (QED) is 0.706. The number of carbonyl (C=O) groups excluding carboxylic acids is 2. The van der Waals surface area contributed by atoms with Crippen LogP contribution in [0.25, 0.3) is 10.8 Å². The van der Waals surface area contributed by atoms with Gasteiger partial charge in [-0.05, 0) is 40.6 Å². The van der Waals surface area contributed by atoms with Crippen molar-refractivity contribution in [2.75, 3.05) is 6.54 Å². The van der Waals surface area contributed by atoms with Gasteiger partial charge in [0.05, 0.1) is 0 Å². The number of hydrogen-bond donors (Lipinski definition) is 1. The normalized spacial score (nSPS) is 10.4. The molecule has 126 valence electrons. The zero-order chi connectivity index (χ0) is 17.6. The second kappa shape index (κ2) is 7.81. The van der Waals surface area contributed by atoms with E-state index in [9.17, 15) is 9.59 Å². The van der Waals surface area contributed by atoms with E-state index in [0.29, 0.717) is 10.6 Å². The molecule has 3 aromatic carbocycles. The minimum atomic E-state index is -0.491. The minimum absolute atomic E-state index is 0.164. The van der Waals surface area contributed by atoms with Crippen molar-refractivity contribution in [2.45, 2.75) is 6.61 Å². The Morgan fingerprint density at radius 2 is 1.64 bits per heavy atom. The molecule has 0 aromatic heterocycles. The number of nitrogens with one attached hydrogen (secondary N) is 1. The van der Waals surface area contributed by atoms with Crippen LogP contribution in [0.1, 0.15) is 15.9 Å². The van der Waals surface area contributed by atoms with E-state index in [0.717, 1.165) is 16.3 Å². The van der Waals surface area contributed by atoms with Crippen molar-refractivity contribution in [3.05, 3.63) is 82.9 Å². The highest BCUT2D eigenvalue weighted by molar-refractivity contribution is 6.30. The van der Waals surface area contributed by atoms with Gasteiger partial charge < -0.3 is 10.1 Å². The Hall–Kier alpha value is -2.85. The van der Waals surface area contributed by atoms with E-state index in [-0.39, 0.29) is 19.1 Å². The molecule has 5 heteroatoms. The van der Waals surface area contributed by atoms with E-state index < -0.39 is 5.97 Å². The topological polar surface area (TPSA) is 55.4 Å². The van der Waals surface area contributed by atoms with E-state index in [1.165, 1.54) is 0 Å². The molecule has 3 rings (SSSR count). The zero-order valence-electron chi connectivity index (χ0n) is 13.4. The van der Waals surface area contributed by atoms with Gasteiger partial charge >= 0.3 is 5.97 Å². The highest BCUT2D eigenvalue weighted by atomic mass is 35.5. The number of amides is 1. The van der Waals surface area contributed by atoms with E-state index in [4.69, 9.17) is 16.3 Å². The molecule has 0 aliphatic rings. The van der Waals surface area contributed by atoms with Gasteiger partial charge in [0, 0.05) is 10.6 Å². The number of fused-ring (bicyclic) bond motifs is 1. The maximum absolute atomic E-state index is 11.9. The molecule has 0 aliphatic heterocycles. The van der Waals surface area contributed by atoms with Crippen LogP contribution < -0.4 is 5.32 Å². The summed E-state index contributed by atoms with van der Waals surface area (Å²) in [6.07, 6.45) is 0. The fourth-order valence-electron chi connectivity index (χ4n) is 2.48. The average Bonchev–Trinajstić information content (AvgIpc) is 2.65. The number of ether oxygens (including phenoxy) is 1. The number of carbonyl (C=O) groups is 2. The van der Waals surface area contributed by atoms with Crippen LogP contribution in [0, 0.1) is 0 Å². The van der Waals surface area contributed by atoms with E-state index >= 15 is 0 Å². The third kappa shape index (κ3) is 4.37. The molecule has 0 spiro atoms. The first-order valence-electron chi connectivity index (χ1n) is 7.79. The number of halogens is 1. The van der Waals surface area contributed by atoms with Crippen LogP contribution >= 0.6 is 11.6 Å². The summed E-state index contributed by atoms with van der Waals surface area (Å²) >= 11 is 5.78. The summed E-state index contributed by atoms with van der Waals surface area (Å²) in [5.74, 6) is -0.839. The summed E-state index contributed by atoms with van der Waals surface area (Å²) in [6, 6.07) is 20.2. The number of benzene rings is 3. The lowest BCUT2D eigenvalue weighted by molar-refractivity contribution is -0.143. The summed E-state index contributed by atoms with van der Waals surface area (Å²) in [4.78, 5) is 23.8. The predicted molar refractivity (Wildman–Crippen MR) is 97.5 cm³/mol. The number of rotatable bonds is 5. The van der Waals surface area contributed by atoms with E-state index in [2.05, 4.69) is 5.32 Å². The molecular formula is C20H16ClNO3. The maximum atomic E-state index is 11.9. The number of esters is 1. The fourth-order valence-corrected chi connectivity index (χ4v) is 2.61. The van der Waals surface area contributed by atoms with Crippen molar-refractivity contribution in [3.8, 4) is 0 Å². The smallest absolute Gasteiger partial charge is 0.325 e. The van der Waals surface area contributed by atoms with Crippen LogP contribution in [-0.2, 0) is 16.1 Å². The van der Waals surface area contributed by atoms with Crippen LogP contribution in [-0.4, -0.2) is 18.4 Å². The molecular weight excluding hydrogens is 338 g/mol. The summed E-state index contributed by atoms with van der Waals surface area (Å²) in [5.41, 5.74) is 1.36. The van der Waals surface area contributed by atoms with Gasteiger partial charge in [-0.3, -0.25) is 9.59 Å². The predicted octanol–water partition coefficient (Wildman–Crippen LogP) is 3.97. The summed E-state index contributed by atoms with van der Waals surface area (Å²) in [6.45, 7) is -0.0246. The second-order valence-electron chi connectivity index (χ2n) is 5.49. The molecule has 0 unspecified atom stereocenters. The highest BCUT2D eigenvalue weighted by Gasteiger charge is 2.10.